The average Bonchev–Trinajstić information content (AvgIpc) is 2.44. The molecule has 0 spiro atoms. The minimum absolute atomic E-state index is 0.0666. The maximum Gasteiger partial charge on any atom is 0.180 e. The molecule has 0 saturated heterocycles. The van der Waals surface area contributed by atoms with E-state index in [1.54, 1.807) is 12.1 Å². The van der Waals surface area contributed by atoms with Crippen LogP contribution in [0.4, 0.5) is 0 Å². The van der Waals surface area contributed by atoms with Crippen LogP contribution in [0.2, 0.25) is 5.02 Å². The summed E-state index contributed by atoms with van der Waals surface area (Å²) in [5.41, 5.74) is 0.714. The first-order chi connectivity index (χ1) is 6.83. The number of hydrogen-bond acceptors (Lipinski definition) is 3. The van der Waals surface area contributed by atoms with Gasteiger partial charge in [-0.25, -0.2) is 0 Å². The lowest BCUT2D eigenvalue weighted by Crippen LogP contribution is -1.98. The summed E-state index contributed by atoms with van der Waals surface area (Å²) in [5.74, 6) is 1.13. The summed E-state index contributed by atoms with van der Waals surface area (Å²) in [4.78, 5) is 0. The molecule has 1 aliphatic rings. The number of halogens is 1. The molecule has 3 nitrogen and oxygen atoms in total. The van der Waals surface area contributed by atoms with Gasteiger partial charge in [0, 0.05) is 12.0 Å². The molecule has 14 heavy (non-hydrogen) atoms. The summed E-state index contributed by atoms with van der Waals surface area (Å²) in [5, 5.41) is 9.62. The number of hydrogen-bond donors (Lipinski definition) is 1. The highest BCUT2D eigenvalue weighted by atomic mass is 35.5. The first-order valence-corrected chi connectivity index (χ1v) is 4.88. The Morgan fingerprint density at radius 1 is 1.21 bits per heavy atom. The van der Waals surface area contributed by atoms with Crippen LogP contribution in [0.15, 0.2) is 12.1 Å². The first kappa shape index (κ1) is 9.62. The Kier molecular flexibility index (Phi) is 2.79. The van der Waals surface area contributed by atoms with Crippen molar-refractivity contribution in [2.45, 2.75) is 13.0 Å². The van der Waals surface area contributed by atoms with E-state index in [0.29, 0.717) is 35.3 Å². The average molecular weight is 215 g/mol. The fraction of sp³-hybridized carbons (Fsp3) is 0.400. The van der Waals surface area contributed by atoms with Gasteiger partial charge in [-0.05, 0) is 6.07 Å². The third-order valence-electron chi connectivity index (χ3n) is 2.10. The summed E-state index contributed by atoms with van der Waals surface area (Å²) in [7, 11) is 0. The van der Waals surface area contributed by atoms with E-state index in [9.17, 15) is 0 Å². The first-order valence-electron chi connectivity index (χ1n) is 4.51. The largest absolute Gasteiger partial charge is 0.489 e. The number of rotatable bonds is 1. The monoisotopic (exact) mass is 214 g/mol. The maximum absolute atomic E-state index is 9.10. The van der Waals surface area contributed by atoms with E-state index in [-0.39, 0.29) is 6.61 Å². The van der Waals surface area contributed by atoms with Gasteiger partial charge in [0.1, 0.15) is 0 Å². The molecule has 0 amide bonds. The fourth-order valence-electron chi connectivity index (χ4n) is 1.40. The topological polar surface area (TPSA) is 38.7 Å². The highest BCUT2D eigenvalue weighted by Crippen LogP contribution is 2.39. The van der Waals surface area contributed by atoms with Gasteiger partial charge in [-0.15, -0.1) is 0 Å². The predicted octanol–water partition coefficient (Wildman–Crippen LogP) is 1.99. The fourth-order valence-corrected chi connectivity index (χ4v) is 1.61. The molecule has 0 unspecified atom stereocenters. The molecule has 1 N–H and O–H groups in total. The Bertz CT molecular complexity index is 338. The van der Waals surface area contributed by atoms with Crippen molar-refractivity contribution < 1.29 is 14.6 Å². The summed E-state index contributed by atoms with van der Waals surface area (Å²) >= 11 is 5.96. The van der Waals surface area contributed by atoms with Crippen LogP contribution in [-0.4, -0.2) is 18.3 Å². The number of aliphatic hydroxyl groups excluding tert-OH is 1. The molecular formula is C10H11ClO3. The molecule has 1 aliphatic heterocycles. The maximum atomic E-state index is 9.10. The predicted molar refractivity (Wildman–Crippen MR) is 53.0 cm³/mol. The quantitative estimate of drug-likeness (QED) is 0.777. The van der Waals surface area contributed by atoms with Crippen molar-refractivity contribution >= 4 is 11.6 Å². The van der Waals surface area contributed by atoms with E-state index in [2.05, 4.69) is 0 Å². The molecule has 76 valence electrons. The van der Waals surface area contributed by atoms with Crippen LogP contribution >= 0.6 is 11.6 Å². The molecule has 0 aromatic heterocycles. The third kappa shape index (κ3) is 1.65. The molecular weight excluding hydrogens is 204 g/mol. The number of aliphatic hydroxyl groups is 1. The number of benzene rings is 1. The number of ether oxygens (including phenoxy) is 2. The van der Waals surface area contributed by atoms with Crippen LogP contribution < -0.4 is 9.47 Å². The molecule has 2 rings (SSSR count). The van der Waals surface area contributed by atoms with E-state index < -0.39 is 0 Å². The van der Waals surface area contributed by atoms with Crippen molar-refractivity contribution in [2.24, 2.45) is 0 Å². The van der Waals surface area contributed by atoms with Gasteiger partial charge < -0.3 is 14.6 Å². The molecule has 0 fully saturated rings. The van der Waals surface area contributed by atoms with Gasteiger partial charge in [-0.3, -0.25) is 0 Å². The third-order valence-corrected chi connectivity index (χ3v) is 2.40. The lowest BCUT2D eigenvalue weighted by atomic mass is 10.2. The Morgan fingerprint density at radius 2 is 1.93 bits per heavy atom. The Hall–Kier alpha value is -0.930. The highest BCUT2D eigenvalue weighted by Gasteiger charge is 2.17. The zero-order valence-electron chi connectivity index (χ0n) is 7.62. The van der Waals surface area contributed by atoms with Crippen molar-refractivity contribution in [3.05, 3.63) is 22.7 Å². The second kappa shape index (κ2) is 4.07. The molecule has 1 heterocycles. The Labute approximate surface area is 87.2 Å². The van der Waals surface area contributed by atoms with Crippen LogP contribution in [0.1, 0.15) is 12.0 Å². The van der Waals surface area contributed by atoms with Gasteiger partial charge in [-0.2, -0.15) is 0 Å². The lowest BCUT2D eigenvalue weighted by molar-refractivity contribution is 0.264. The molecule has 0 bridgehead atoms. The van der Waals surface area contributed by atoms with Crippen LogP contribution in [0.5, 0.6) is 11.5 Å². The molecule has 1 aromatic carbocycles. The normalized spacial score (nSPS) is 15.0. The highest BCUT2D eigenvalue weighted by molar-refractivity contribution is 6.32. The van der Waals surface area contributed by atoms with Crippen LogP contribution in [0, 0.1) is 0 Å². The molecule has 4 heteroatoms. The lowest BCUT2D eigenvalue weighted by Gasteiger charge is -2.11. The minimum Gasteiger partial charge on any atom is -0.489 e. The summed E-state index contributed by atoms with van der Waals surface area (Å²) in [6.07, 6.45) is 0.829. The van der Waals surface area contributed by atoms with E-state index >= 15 is 0 Å². The zero-order chi connectivity index (χ0) is 9.97. The summed E-state index contributed by atoms with van der Waals surface area (Å²) < 4.78 is 10.9. The van der Waals surface area contributed by atoms with Gasteiger partial charge >= 0.3 is 0 Å². The van der Waals surface area contributed by atoms with Crippen molar-refractivity contribution in [1.82, 2.24) is 0 Å². The van der Waals surface area contributed by atoms with Crippen LogP contribution in [0.25, 0.3) is 0 Å². The molecule has 0 atom stereocenters. The van der Waals surface area contributed by atoms with Gasteiger partial charge in [0.25, 0.3) is 0 Å². The van der Waals surface area contributed by atoms with E-state index in [0.717, 1.165) is 6.42 Å². The van der Waals surface area contributed by atoms with Crippen molar-refractivity contribution in [3.8, 4) is 11.5 Å². The zero-order valence-corrected chi connectivity index (χ0v) is 8.38. The SMILES string of the molecule is OCc1ccc(Cl)c2c1OCCCO2. The Balaban J connectivity index is 2.49. The van der Waals surface area contributed by atoms with Crippen molar-refractivity contribution in [1.29, 1.82) is 0 Å². The van der Waals surface area contributed by atoms with Crippen molar-refractivity contribution in [2.75, 3.05) is 13.2 Å². The van der Waals surface area contributed by atoms with E-state index in [1.165, 1.54) is 0 Å². The van der Waals surface area contributed by atoms with Gasteiger partial charge in [0.15, 0.2) is 11.5 Å². The standard InChI is InChI=1S/C10H11ClO3/c11-8-3-2-7(6-12)9-10(8)14-5-1-4-13-9/h2-3,12H,1,4-6H2. The van der Waals surface area contributed by atoms with Gasteiger partial charge in [-0.1, -0.05) is 17.7 Å². The van der Waals surface area contributed by atoms with Gasteiger partial charge in [0.05, 0.1) is 24.8 Å². The van der Waals surface area contributed by atoms with Crippen LogP contribution in [0.3, 0.4) is 0 Å². The Morgan fingerprint density at radius 3 is 2.64 bits per heavy atom. The van der Waals surface area contributed by atoms with Crippen LogP contribution in [-0.2, 0) is 6.61 Å². The second-order valence-electron chi connectivity index (χ2n) is 3.07. The second-order valence-corrected chi connectivity index (χ2v) is 3.48. The summed E-state index contributed by atoms with van der Waals surface area (Å²) in [6, 6.07) is 3.45. The minimum atomic E-state index is -0.0666. The van der Waals surface area contributed by atoms with Crippen molar-refractivity contribution in [3.63, 3.8) is 0 Å². The molecule has 1 aromatic rings. The van der Waals surface area contributed by atoms with E-state index in [1.807, 2.05) is 0 Å². The van der Waals surface area contributed by atoms with E-state index in [4.69, 9.17) is 26.2 Å². The molecule has 0 aliphatic carbocycles. The molecule has 0 radical (unpaired) electrons. The number of fused-ring (bicyclic) bond motifs is 1. The smallest absolute Gasteiger partial charge is 0.180 e. The molecule has 0 saturated carbocycles. The van der Waals surface area contributed by atoms with Gasteiger partial charge in [0.2, 0.25) is 0 Å². The summed E-state index contributed by atoms with van der Waals surface area (Å²) in [6.45, 7) is 1.13.